The van der Waals surface area contributed by atoms with E-state index in [1.807, 2.05) is 18.2 Å². The zero-order valence-electron chi connectivity index (χ0n) is 15.9. The molecule has 0 saturated carbocycles. The first-order valence-electron chi connectivity index (χ1n) is 9.96. The Labute approximate surface area is 153 Å². The van der Waals surface area contributed by atoms with Crippen molar-refractivity contribution in [3.63, 3.8) is 0 Å². The van der Waals surface area contributed by atoms with Gasteiger partial charge >= 0.3 is 0 Å². The summed E-state index contributed by atoms with van der Waals surface area (Å²) in [5.41, 5.74) is 2.85. The molecule has 0 fully saturated rings. The number of hydrogen-bond donors (Lipinski definition) is 0. The van der Waals surface area contributed by atoms with Crippen molar-refractivity contribution in [1.82, 2.24) is 4.98 Å². The maximum Gasteiger partial charge on any atom is 0.213 e. The van der Waals surface area contributed by atoms with E-state index in [2.05, 4.69) is 43.1 Å². The molecule has 1 heterocycles. The molecular formula is C23H33NO. The highest BCUT2D eigenvalue weighted by Gasteiger charge is 2.13. The number of nitrogens with zero attached hydrogens (tertiary/aromatic N) is 1. The Morgan fingerprint density at radius 3 is 2.32 bits per heavy atom. The van der Waals surface area contributed by atoms with Gasteiger partial charge in [-0.3, -0.25) is 0 Å². The fourth-order valence-electron chi connectivity index (χ4n) is 3.14. The van der Waals surface area contributed by atoms with Gasteiger partial charge in [0.05, 0.1) is 6.61 Å². The molecule has 0 aliphatic rings. The first kappa shape index (κ1) is 19.5. The van der Waals surface area contributed by atoms with Crippen molar-refractivity contribution >= 4 is 0 Å². The van der Waals surface area contributed by atoms with E-state index in [1.54, 1.807) is 6.20 Å². The average Bonchev–Trinajstić information content (AvgIpc) is 2.66. The smallest absolute Gasteiger partial charge is 0.213 e. The number of ether oxygens (including phenoxy) is 1. The van der Waals surface area contributed by atoms with Crippen molar-refractivity contribution in [1.29, 1.82) is 0 Å². The Morgan fingerprint density at radius 2 is 1.64 bits per heavy atom. The van der Waals surface area contributed by atoms with Crippen LogP contribution in [-0.2, 0) is 6.42 Å². The molecule has 0 radical (unpaired) electrons. The normalized spacial score (nSPS) is 12.1. The number of pyridine rings is 1. The number of rotatable bonds is 12. The van der Waals surface area contributed by atoms with Gasteiger partial charge in [0.1, 0.15) is 0 Å². The first-order chi connectivity index (χ1) is 12.3. The predicted octanol–water partition coefficient (Wildman–Crippen LogP) is 6.56. The van der Waals surface area contributed by atoms with Crippen molar-refractivity contribution in [3.05, 3.63) is 59.8 Å². The van der Waals surface area contributed by atoms with Gasteiger partial charge in [0.15, 0.2) is 0 Å². The maximum absolute atomic E-state index is 5.95. The topological polar surface area (TPSA) is 22.1 Å². The minimum absolute atomic E-state index is 0.443. The molecule has 0 amide bonds. The van der Waals surface area contributed by atoms with E-state index in [-0.39, 0.29) is 0 Å². The van der Waals surface area contributed by atoms with Crippen molar-refractivity contribution in [2.24, 2.45) is 0 Å². The summed E-state index contributed by atoms with van der Waals surface area (Å²) >= 11 is 0. The summed E-state index contributed by atoms with van der Waals surface area (Å²) in [7, 11) is 0. The molecule has 1 aromatic carbocycles. The minimum atomic E-state index is 0.443. The summed E-state index contributed by atoms with van der Waals surface area (Å²) in [4.78, 5) is 4.27. The summed E-state index contributed by atoms with van der Waals surface area (Å²) < 4.78 is 5.95. The van der Waals surface area contributed by atoms with Gasteiger partial charge in [-0.05, 0) is 36.5 Å². The van der Waals surface area contributed by atoms with Crippen LogP contribution in [0, 0.1) is 0 Å². The molecule has 2 nitrogen and oxygen atoms in total. The van der Waals surface area contributed by atoms with Crippen LogP contribution in [0.25, 0.3) is 0 Å². The van der Waals surface area contributed by atoms with Gasteiger partial charge in [0.2, 0.25) is 5.88 Å². The molecule has 1 unspecified atom stereocenters. The zero-order chi connectivity index (χ0) is 17.7. The monoisotopic (exact) mass is 339 g/mol. The van der Waals surface area contributed by atoms with Crippen LogP contribution in [0.1, 0.15) is 75.8 Å². The van der Waals surface area contributed by atoms with Crippen LogP contribution in [0.2, 0.25) is 0 Å². The van der Waals surface area contributed by atoms with E-state index in [9.17, 15) is 0 Å². The summed E-state index contributed by atoms with van der Waals surface area (Å²) in [6.07, 6.45) is 11.8. The predicted molar refractivity (Wildman–Crippen MR) is 106 cm³/mol. The quantitative estimate of drug-likeness (QED) is 0.409. The largest absolute Gasteiger partial charge is 0.477 e. The molecule has 0 aliphatic heterocycles. The summed E-state index contributed by atoms with van der Waals surface area (Å²) in [6.45, 7) is 5.21. The fourth-order valence-corrected chi connectivity index (χ4v) is 3.14. The molecule has 136 valence electrons. The van der Waals surface area contributed by atoms with E-state index in [1.165, 1.54) is 62.5 Å². The van der Waals surface area contributed by atoms with E-state index < -0.39 is 0 Å². The summed E-state index contributed by atoms with van der Waals surface area (Å²) in [6, 6.07) is 15.0. The van der Waals surface area contributed by atoms with E-state index >= 15 is 0 Å². The van der Waals surface area contributed by atoms with Crippen LogP contribution in [0.5, 0.6) is 5.88 Å². The SMILES string of the molecule is CCCCCc1ccc(C(CCCCC)COc2ccccn2)cc1. The van der Waals surface area contributed by atoms with Gasteiger partial charge in [0, 0.05) is 18.2 Å². The number of hydrogen-bond acceptors (Lipinski definition) is 2. The second kappa shape index (κ2) is 11.7. The molecule has 2 heteroatoms. The summed E-state index contributed by atoms with van der Waals surface area (Å²) in [5, 5.41) is 0. The van der Waals surface area contributed by atoms with Gasteiger partial charge in [-0.1, -0.05) is 76.3 Å². The number of unbranched alkanes of at least 4 members (excludes halogenated alkanes) is 4. The third kappa shape index (κ3) is 7.29. The van der Waals surface area contributed by atoms with Gasteiger partial charge in [-0.25, -0.2) is 4.98 Å². The zero-order valence-corrected chi connectivity index (χ0v) is 15.9. The van der Waals surface area contributed by atoms with Crippen LogP contribution >= 0.6 is 0 Å². The maximum atomic E-state index is 5.95. The van der Waals surface area contributed by atoms with Crippen LogP contribution in [-0.4, -0.2) is 11.6 Å². The highest BCUT2D eigenvalue weighted by Crippen LogP contribution is 2.24. The van der Waals surface area contributed by atoms with E-state index in [4.69, 9.17) is 4.74 Å². The van der Waals surface area contributed by atoms with Crippen molar-refractivity contribution in [2.45, 2.75) is 71.1 Å². The number of aryl methyl sites for hydroxylation is 1. The highest BCUT2D eigenvalue weighted by atomic mass is 16.5. The summed E-state index contributed by atoms with van der Waals surface area (Å²) in [5.74, 6) is 1.16. The van der Waals surface area contributed by atoms with Crippen LogP contribution in [0.3, 0.4) is 0 Å². The van der Waals surface area contributed by atoms with Crippen LogP contribution in [0.4, 0.5) is 0 Å². The molecular weight excluding hydrogens is 306 g/mol. The van der Waals surface area contributed by atoms with E-state index in [0.29, 0.717) is 12.5 Å². The van der Waals surface area contributed by atoms with Gasteiger partial charge < -0.3 is 4.74 Å². The van der Waals surface area contributed by atoms with Crippen LogP contribution in [0.15, 0.2) is 48.7 Å². The standard InChI is InChI=1S/C23H33NO/c1-3-5-7-11-20-14-16-21(17-15-20)22(12-8-6-4-2)19-25-23-13-9-10-18-24-23/h9-10,13-18,22H,3-8,11-12,19H2,1-2H3. The molecule has 2 aromatic rings. The molecule has 0 aliphatic carbocycles. The molecule has 0 spiro atoms. The lowest BCUT2D eigenvalue weighted by molar-refractivity contribution is 0.269. The lowest BCUT2D eigenvalue weighted by Gasteiger charge is -2.18. The molecule has 0 saturated heterocycles. The minimum Gasteiger partial charge on any atom is -0.477 e. The van der Waals surface area contributed by atoms with Crippen molar-refractivity contribution < 1.29 is 4.74 Å². The Morgan fingerprint density at radius 1 is 0.880 bits per heavy atom. The third-order valence-electron chi connectivity index (χ3n) is 4.75. The molecule has 2 rings (SSSR count). The van der Waals surface area contributed by atoms with Gasteiger partial charge in [0.25, 0.3) is 0 Å². The molecule has 0 bridgehead atoms. The number of benzene rings is 1. The van der Waals surface area contributed by atoms with Crippen molar-refractivity contribution in [2.75, 3.05) is 6.61 Å². The Hall–Kier alpha value is -1.83. The highest BCUT2D eigenvalue weighted by molar-refractivity contribution is 5.26. The van der Waals surface area contributed by atoms with Crippen molar-refractivity contribution in [3.8, 4) is 5.88 Å². The second-order valence-corrected chi connectivity index (χ2v) is 6.87. The average molecular weight is 340 g/mol. The Balaban J connectivity index is 1.95. The molecule has 1 atom stereocenters. The Kier molecular flexibility index (Phi) is 9.11. The molecule has 1 aromatic heterocycles. The van der Waals surface area contributed by atoms with Gasteiger partial charge in [-0.2, -0.15) is 0 Å². The number of aromatic nitrogens is 1. The lowest BCUT2D eigenvalue weighted by Crippen LogP contribution is -2.11. The molecule has 0 N–H and O–H groups in total. The van der Waals surface area contributed by atoms with E-state index in [0.717, 1.165) is 5.88 Å². The van der Waals surface area contributed by atoms with Crippen LogP contribution < -0.4 is 4.74 Å². The Bertz CT molecular complexity index is 564. The third-order valence-corrected chi connectivity index (χ3v) is 4.75. The lowest BCUT2D eigenvalue weighted by atomic mass is 9.92. The molecule has 25 heavy (non-hydrogen) atoms. The van der Waals surface area contributed by atoms with Gasteiger partial charge in [-0.15, -0.1) is 0 Å². The fraction of sp³-hybridized carbons (Fsp3) is 0.522. The second-order valence-electron chi connectivity index (χ2n) is 6.87. The first-order valence-corrected chi connectivity index (χ1v) is 9.96.